The van der Waals surface area contributed by atoms with Gasteiger partial charge in [-0.1, -0.05) is 26.8 Å². The number of carbonyl (C=O) groups excluding carboxylic acids is 1. The van der Waals surface area contributed by atoms with Crippen LogP contribution in [0.2, 0.25) is 0 Å². The highest BCUT2D eigenvalue weighted by Crippen LogP contribution is 2.27. The molecule has 0 aliphatic heterocycles. The van der Waals surface area contributed by atoms with Gasteiger partial charge in [-0.05, 0) is 50.3 Å². The number of aryl methyl sites for hydroxylation is 1. The van der Waals surface area contributed by atoms with Gasteiger partial charge in [0.15, 0.2) is 0 Å². The van der Waals surface area contributed by atoms with Gasteiger partial charge in [-0.3, -0.25) is 4.79 Å². The van der Waals surface area contributed by atoms with Crippen molar-refractivity contribution in [2.24, 2.45) is 5.41 Å². The summed E-state index contributed by atoms with van der Waals surface area (Å²) in [5, 5.41) is 15.3. The molecule has 0 radical (unpaired) electrons. The molecule has 0 fully saturated rings. The maximum atomic E-state index is 12.4. The third-order valence-corrected chi connectivity index (χ3v) is 3.55. The van der Waals surface area contributed by atoms with Gasteiger partial charge in [-0.25, -0.2) is 0 Å². The van der Waals surface area contributed by atoms with Gasteiger partial charge in [0.1, 0.15) is 17.4 Å². The number of carbonyl (C=O) groups is 1. The number of nitrogens with one attached hydrogen (secondary N) is 2. The highest BCUT2D eigenvalue weighted by atomic mass is 16.5. The van der Waals surface area contributed by atoms with Crippen molar-refractivity contribution in [1.29, 1.82) is 5.26 Å². The number of hydrogen-bond acceptors (Lipinski definition) is 4. The predicted molar refractivity (Wildman–Crippen MR) is 101 cm³/mol. The van der Waals surface area contributed by atoms with Crippen molar-refractivity contribution in [3.63, 3.8) is 0 Å². The summed E-state index contributed by atoms with van der Waals surface area (Å²) in [5.41, 5.74) is 1.45. The maximum Gasteiger partial charge on any atom is 0.267 e. The Morgan fingerprint density at radius 2 is 1.92 bits per heavy atom. The second-order valence-corrected chi connectivity index (χ2v) is 8.09. The van der Waals surface area contributed by atoms with Gasteiger partial charge in [0.05, 0.1) is 12.8 Å². The monoisotopic (exact) mass is 343 g/mol. The highest BCUT2D eigenvalue weighted by molar-refractivity contribution is 6.07. The zero-order chi connectivity index (χ0) is 19.3. The highest BCUT2D eigenvalue weighted by Gasteiger charge is 2.24. The first-order valence-electron chi connectivity index (χ1n) is 8.31. The number of hydrogen-bond donors (Lipinski definition) is 2. The van der Waals surface area contributed by atoms with Crippen LogP contribution in [0.4, 0.5) is 5.69 Å². The van der Waals surface area contributed by atoms with E-state index in [2.05, 4.69) is 31.4 Å². The number of rotatable bonds is 6. The van der Waals surface area contributed by atoms with Crippen molar-refractivity contribution in [2.45, 2.75) is 53.5 Å². The number of amides is 1. The summed E-state index contributed by atoms with van der Waals surface area (Å²) in [7, 11) is 1.54. The SMILES string of the molecule is COc1ccc(C)cc1NC(=O)/C(C#N)=C\NC(C)(C)CC(C)(C)C. The fraction of sp³-hybridized carbons (Fsp3) is 0.500. The molecule has 2 N–H and O–H groups in total. The van der Waals surface area contributed by atoms with Crippen molar-refractivity contribution < 1.29 is 9.53 Å². The lowest BCUT2D eigenvalue weighted by Gasteiger charge is -2.33. The van der Waals surface area contributed by atoms with Crippen LogP contribution in [0.25, 0.3) is 0 Å². The molecule has 0 atom stereocenters. The predicted octanol–water partition coefficient (Wildman–Crippen LogP) is 4.15. The van der Waals surface area contributed by atoms with E-state index in [9.17, 15) is 10.1 Å². The number of ether oxygens (including phenoxy) is 1. The lowest BCUT2D eigenvalue weighted by molar-refractivity contribution is -0.112. The van der Waals surface area contributed by atoms with Crippen molar-refractivity contribution in [2.75, 3.05) is 12.4 Å². The molecule has 0 saturated carbocycles. The molecule has 136 valence electrons. The van der Waals surface area contributed by atoms with Gasteiger partial charge in [0.2, 0.25) is 0 Å². The van der Waals surface area contributed by atoms with E-state index in [-0.39, 0.29) is 16.5 Å². The Morgan fingerprint density at radius 3 is 2.44 bits per heavy atom. The van der Waals surface area contributed by atoms with E-state index in [1.807, 2.05) is 39.0 Å². The van der Waals surface area contributed by atoms with Crippen LogP contribution < -0.4 is 15.4 Å². The molecule has 5 nitrogen and oxygen atoms in total. The van der Waals surface area contributed by atoms with Crippen LogP contribution in [0.15, 0.2) is 30.0 Å². The van der Waals surface area contributed by atoms with Crippen molar-refractivity contribution in [3.8, 4) is 11.8 Å². The first-order valence-corrected chi connectivity index (χ1v) is 8.31. The topological polar surface area (TPSA) is 74.1 Å². The number of anilines is 1. The molecular formula is C20H29N3O2. The Balaban J connectivity index is 2.92. The molecule has 0 aromatic heterocycles. The van der Waals surface area contributed by atoms with Crippen LogP contribution in [0.3, 0.4) is 0 Å². The average molecular weight is 343 g/mol. The number of methoxy groups -OCH3 is 1. The lowest BCUT2D eigenvalue weighted by atomic mass is 9.82. The molecule has 0 spiro atoms. The van der Waals surface area contributed by atoms with E-state index in [4.69, 9.17) is 4.74 Å². The Bertz CT molecular complexity index is 692. The van der Waals surface area contributed by atoms with Crippen molar-refractivity contribution >= 4 is 11.6 Å². The van der Waals surface area contributed by atoms with E-state index >= 15 is 0 Å². The molecule has 0 bridgehead atoms. The van der Waals surface area contributed by atoms with E-state index in [0.717, 1.165) is 12.0 Å². The van der Waals surface area contributed by atoms with Gasteiger partial charge < -0.3 is 15.4 Å². The molecule has 1 amide bonds. The number of nitriles is 1. The van der Waals surface area contributed by atoms with Gasteiger partial charge in [0, 0.05) is 11.7 Å². The Morgan fingerprint density at radius 1 is 1.28 bits per heavy atom. The summed E-state index contributed by atoms with van der Waals surface area (Å²) in [6.07, 6.45) is 2.38. The summed E-state index contributed by atoms with van der Waals surface area (Å²) in [6, 6.07) is 7.44. The first kappa shape index (κ1) is 20.6. The third kappa shape index (κ3) is 6.88. The molecule has 1 aromatic carbocycles. The standard InChI is InChI=1S/C20H29N3O2/c1-14-8-9-17(25-7)16(10-14)23-18(24)15(11-21)12-22-20(5,6)13-19(2,3)4/h8-10,12,22H,13H2,1-7H3,(H,23,24)/b15-12-. The first-order chi connectivity index (χ1) is 11.5. The van der Waals surface area contributed by atoms with Crippen molar-refractivity contribution in [1.82, 2.24) is 5.32 Å². The van der Waals surface area contributed by atoms with Crippen LogP contribution in [0, 0.1) is 23.7 Å². The molecule has 0 aliphatic carbocycles. The number of benzene rings is 1. The normalized spacial score (nSPS) is 12.3. The van der Waals surface area contributed by atoms with E-state index in [1.165, 1.54) is 13.3 Å². The average Bonchev–Trinajstić information content (AvgIpc) is 2.45. The Labute approximate surface area is 151 Å². The molecule has 0 heterocycles. The molecule has 0 saturated heterocycles. The summed E-state index contributed by atoms with van der Waals surface area (Å²) in [6.45, 7) is 12.5. The molecule has 1 rings (SSSR count). The summed E-state index contributed by atoms with van der Waals surface area (Å²) < 4.78 is 5.25. The van der Waals surface area contributed by atoms with Crippen LogP contribution in [0.5, 0.6) is 5.75 Å². The maximum absolute atomic E-state index is 12.4. The van der Waals surface area contributed by atoms with Gasteiger partial charge in [-0.2, -0.15) is 5.26 Å². The summed E-state index contributed by atoms with van der Waals surface area (Å²) in [5.74, 6) is 0.0859. The van der Waals surface area contributed by atoms with E-state index in [0.29, 0.717) is 11.4 Å². The third-order valence-electron chi connectivity index (χ3n) is 3.55. The second kappa shape index (κ2) is 8.06. The molecule has 25 heavy (non-hydrogen) atoms. The van der Waals surface area contributed by atoms with Gasteiger partial charge in [-0.15, -0.1) is 0 Å². The zero-order valence-electron chi connectivity index (χ0n) is 16.3. The molecule has 0 aliphatic rings. The van der Waals surface area contributed by atoms with Crippen LogP contribution in [0.1, 0.15) is 46.6 Å². The number of nitrogens with zero attached hydrogens (tertiary/aromatic N) is 1. The largest absolute Gasteiger partial charge is 0.495 e. The molecular weight excluding hydrogens is 314 g/mol. The smallest absolute Gasteiger partial charge is 0.267 e. The van der Waals surface area contributed by atoms with E-state index < -0.39 is 5.91 Å². The fourth-order valence-electron chi connectivity index (χ4n) is 2.90. The van der Waals surface area contributed by atoms with Gasteiger partial charge >= 0.3 is 0 Å². The van der Waals surface area contributed by atoms with Crippen LogP contribution in [-0.2, 0) is 4.79 Å². The molecule has 0 unspecified atom stereocenters. The molecule has 5 heteroatoms. The minimum atomic E-state index is -0.467. The quantitative estimate of drug-likeness (QED) is 0.601. The van der Waals surface area contributed by atoms with Crippen LogP contribution >= 0.6 is 0 Å². The Kier molecular flexibility index (Phi) is 6.63. The Hall–Kier alpha value is -2.48. The van der Waals surface area contributed by atoms with Gasteiger partial charge in [0.25, 0.3) is 5.91 Å². The summed E-state index contributed by atoms with van der Waals surface area (Å²) in [4.78, 5) is 12.4. The van der Waals surface area contributed by atoms with Crippen molar-refractivity contribution in [3.05, 3.63) is 35.5 Å². The summed E-state index contributed by atoms with van der Waals surface area (Å²) >= 11 is 0. The minimum absolute atomic E-state index is 0.0190. The molecule has 1 aromatic rings. The fourth-order valence-corrected chi connectivity index (χ4v) is 2.90. The minimum Gasteiger partial charge on any atom is -0.495 e. The van der Waals surface area contributed by atoms with Crippen LogP contribution in [-0.4, -0.2) is 18.6 Å². The lowest BCUT2D eigenvalue weighted by Crippen LogP contribution is -2.39. The zero-order valence-corrected chi connectivity index (χ0v) is 16.3. The second-order valence-electron chi connectivity index (χ2n) is 8.09. The van der Waals surface area contributed by atoms with E-state index in [1.54, 1.807) is 6.07 Å².